The molecule has 2 amide bonds. The summed E-state index contributed by atoms with van der Waals surface area (Å²) in [7, 11) is 0. The largest absolute Gasteiger partial charge is 0.447 e. The van der Waals surface area contributed by atoms with E-state index in [1.54, 1.807) is 31.1 Å². The van der Waals surface area contributed by atoms with Crippen LogP contribution in [-0.4, -0.2) is 72.0 Å². The number of hydrogen-bond acceptors (Lipinski definition) is 8. The monoisotopic (exact) mass is 593 g/mol. The third-order valence-electron chi connectivity index (χ3n) is 6.91. The minimum atomic E-state index is -4.48. The van der Waals surface area contributed by atoms with E-state index in [0.717, 1.165) is 12.1 Å². The molecule has 0 heterocycles. The number of nitrogens with two attached hydrogens (primary N) is 3. The van der Waals surface area contributed by atoms with Gasteiger partial charge in [0.15, 0.2) is 5.78 Å². The number of rotatable bonds is 16. The van der Waals surface area contributed by atoms with Crippen molar-refractivity contribution in [3.63, 3.8) is 0 Å². The van der Waals surface area contributed by atoms with Gasteiger partial charge in [0.25, 0.3) is 0 Å². The Kier molecular flexibility index (Phi) is 13.1. The number of hydrogen-bond donors (Lipinski definition) is 7. The number of aryl methyl sites for hydroxylation is 1. The molecule has 230 valence electrons. The summed E-state index contributed by atoms with van der Waals surface area (Å²) in [6.07, 6.45) is -4.45. The molecule has 0 aliphatic carbocycles. The molecule has 0 unspecified atom stereocenters. The van der Waals surface area contributed by atoms with E-state index < -0.39 is 48.2 Å². The Morgan fingerprint density at radius 1 is 1.00 bits per heavy atom. The van der Waals surface area contributed by atoms with Gasteiger partial charge in [-0.05, 0) is 48.0 Å². The molecule has 0 bridgehead atoms. The van der Waals surface area contributed by atoms with Crippen molar-refractivity contribution in [2.45, 2.75) is 62.8 Å². The van der Waals surface area contributed by atoms with Gasteiger partial charge in [0, 0.05) is 32.5 Å². The fraction of sp³-hybridized carbons (Fsp3) is 0.464. The molecule has 0 saturated heterocycles. The molecular weight excluding hydrogens is 554 g/mol. The van der Waals surface area contributed by atoms with Crippen LogP contribution in [0.4, 0.5) is 13.2 Å². The Bertz CT molecular complexity index is 1190. The van der Waals surface area contributed by atoms with Crippen molar-refractivity contribution in [2.24, 2.45) is 17.2 Å². The van der Waals surface area contributed by atoms with Crippen molar-refractivity contribution in [1.82, 2.24) is 10.6 Å². The standard InChI is InChI=1S/C28H39BF3N5O5/c1-29(42)21-4-2-3-19(13-21)14-24(38)23(11-7-18-5-8-20(9-6-18)28(30,31)32)37-26(40)22(35)10-12-25(39)36-17-27(41,15-33)16-34/h2-6,8-9,13,22-23,41-42H,7,10-12,14-17,33-35H2,1H3,(H,36,39)(H,37,40)/t22-,23+/m0/s1. The van der Waals surface area contributed by atoms with Gasteiger partial charge in [-0.1, -0.05) is 43.2 Å². The zero-order valence-electron chi connectivity index (χ0n) is 23.5. The normalized spacial score (nSPS) is 13.3. The van der Waals surface area contributed by atoms with E-state index in [1.807, 2.05) is 0 Å². The molecule has 0 saturated carbocycles. The lowest BCUT2D eigenvalue weighted by molar-refractivity contribution is -0.137. The topological polar surface area (TPSA) is 194 Å². The maximum absolute atomic E-state index is 13.3. The van der Waals surface area contributed by atoms with Gasteiger partial charge >= 0.3 is 13.1 Å². The highest BCUT2D eigenvalue weighted by molar-refractivity contribution is 6.64. The fourth-order valence-corrected chi connectivity index (χ4v) is 4.05. The van der Waals surface area contributed by atoms with Gasteiger partial charge in [-0.25, -0.2) is 0 Å². The van der Waals surface area contributed by atoms with Crippen LogP contribution in [0.1, 0.15) is 36.0 Å². The van der Waals surface area contributed by atoms with Gasteiger partial charge < -0.3 is 38.0 Å². The minimum Gasteiger partial charge on any atom is -0.447 e. The average Bonchev–Trinajstić information content (AvgIpc) is 2.96. The SMILES string of the molecule is CB(O)c1cccc(CC(=O)[C@@H](CCc2ccc(C(F)(F)F)cc2)NC(=O)[C@@H](N)CCC(=O)NCC(O)(CN)CN)c1. The Morgan fingerprint density at radius 2 is 1.64 bits per heavy atom. The highest BCUT2D eigenvalue weighted by Gasteiger charge is 2.30. The number of alkyl halides is 3. The van der Waals surface area contributed by atoms with Crippen molar-refractivity contribution >= 4 is 30.0 Å². The smallest absolute Gasteiger partial charge is 0.416 e. The summed E-state index contributed by atoms with van der Waals surface area (Å²) in [5.74, 6) is -1.51. The number of carbonyl (C=O) groups is 3. The predicted molar refractivity (Wildman–Crippen MR) is 154 cm³/mol. The average molecular weight is 593 g/mol. The molecule has 0 spiro atoms. The summed E-state index contributed by atoms with van der Waals surface area (Å²) in [5, 5.41) is 25.1. The van der Waals surface area contributed by atoms with E-state index in [9.17, 15) is 37.7 Å². The number of benzene rings is 2. The fourth-order valence-electron chi connectivity index (χ4n) is 4.05. The zero-order valence-corrected chi connectivity index (χ0v) is 23.5. The number of Topliss-reactive ketones (excluding diaryl/α,β-unsaturated/α-hetero) is 1. The number of nitrogens with one attached hydrogen (secondary N) is 2. The number of carbonyl (C=O) groups excluding carboxylic acids is 3. The first-order valence-corrected chi connectivity index (χ1v) is 13.6. The molecule has 0 fully saturated rings. The van der Waals surface area contributed by atoms with Crippen LogP contribution in [0.5, 0.6) is 0 Å². The highest BCUT2D eigenvalue weighted by Crippen LogP contribution is 2.29. The first-order chi connectivity index (χ1) is 19.7. The van der Waals surface area contributed by atoms with Crippen LogP contribution in [0, 0.1) is 0 Å². The van der Waals surface area contributed by atoms with E-state index in [4.69, 9.17) is 17.2 Å². The van der Waals surface area contributed by atoms with Crippen LogP contribution in [0.25, 0.3) is 0 Å². The molecule has 0 aliphatic heterocycles. The van der Waals surface area contributed by atoms with Crippen molar-refractivity contribution < 1.29 is 37.7 Å². The number of amides is 2. The summed E-state index contributed by atoms with van der Waals surface area (Å²) >= 11 is 0. The van der Waals surface area contributed by atoms with Crippen LogP contribution < -0.4 is 33.3 Å². The first-order valence-electron chi connectivity index (χ1n) is 13.6. The Morgan fingerprint density at radius 3 is 2.21 bits per heavy atom. The molecule has 2 aromatic carbocycles. The van der Waals surface area contributed by atoms with E-state index >= 15 is 0 Å². The van der Waals surface area contributed by atoms with Crippen molar-refractivity contribution in [1.29, 1.82) is 0 Å². The maximum atomic E-state index is 13.3. The lowest BCUT2D eigenvalue weighted by atomic mass is 9.64. The lowest BCUT2D eigenvalue weighted by Gasteiger charge is -2.25. The molecule has 0 aliphatic rings. The van der Waals surface area contributed by atoms with Crippen LogP contribution in [-0.2, 0) is 33.4 Å². The number of halogens is 3. The molecule has 0 aromatic heterocycles. The highest BCUT2D eigenvalue weighted by atomic mass is 19.4. The summed E-state index contributed by atoms with van der Waals surface area (Å²) in [4.78, 5) is 38.3. The Hall–Kier alpha value is -3.30. The van der Waals surface area contributed by atoms with E-state index in [2.05, 4.69) is 10.6 Å². The van der Waals surface area contributed by atoms with Gasteiger partial charge in [-0.3, -0.25) is 14.4 Å². The molecule has 42 heavy (non-hydrogen) atoms. The van der Waals surface area contributed by atoms with Gasteiger partial charge in [-0.2, -0.15) is 13.2 Å². The summed E-state index contributed by atoms with van der Waals surface area (Å²) in [6.45, 7) is 0.363. The number of aliphatic hydroxyl groups is 1. The van der Waals surface area contributed by atoms with Crippen LogP contribution in [0.3, 0.4) is 0 Å². The molecule has 14 heteroatoms. The van der Waals surface area contributed by atoms with Gasteiger partial charge in [0.1, 0.15) is 5.60 Å². The second-order valence-electron chi connectivity index (χ2n) is 10.4. The predicted octanol–water partition coefficient (Wildman–Crippen LogP) is -0.373. The van der Waals surface area contributed by atoms with Gasteiger partial charge in [0.2, 0.25) is 11.8 Å². The van der Waals surface area contributed by atoms with Crippen LogP contribution >= 0.6 is 0 Å². The molecular formula is C28H39BF3N5O5. The van der Waals surface area contributed by atoms with Crippen molar-refractivity contribution in [3.8, 4) is 0 Å². The molecule has 2 atom stereocenters. The molecule has 10 N–H and O–H groups in total. The third-order valence-corrected chi connectivity index (χ3v) is 6.91. The van der Waals surface area contributed by atoms with Crippen molar-refractivity contribution in [2.75, 3.05) is 19.6 Å². The van der Waals surface area contributed by atoms with E-state index in [1.165, 1.54) is 12.1 Å². The summed E-state index contributed by atoms with van der Waals surface area (Å²) in [5.41, 5.74) is 16.4. The molecule has 0 radical (unpaired) electrons. The quantitative estimate of drug-likeness (QED) is 0.128. The third kappa shape index (κ3) is 11.2. The first kappa shape index (κ1) is 34.9. The maximum Gasteiger partial charge on any atom is 0.416 e. The van der Waals surface area contributed by atoms with E-state index in [-0.39, 0.29) is 57.5 Å². The second kappa shape index (κ2) is 15.8. The van der Waals surface area contributed by atoms with Gasteiger partial charge in [-0.15, -0.1) is 0 Å². The molecule has 2 rings (SSSR count). The Labute approximate surface area is 243 Å². The lowest BCUT2D eigenvalue weighted by Crippen LogP contribution is -2.53. The van der Waals surface area contributed by atoms with E-state index in [0.29, 0.717) is 16.6 Å². The van der Waals surface area contributed by atoms with Crippen LogP contribution in [0.2, 0.25) is 6.82 Å². The van der Waals surface area contributed by atoms with Crippen LogP contribution in [0.15, 0.2) is 48.5 Å². The van der Waals surface area contributed by atoms with Gasteiger partial charge in [0.05, 0.1) is 17.6 Å². The summed E-state index contributed by atoms with van der Waals surface area (Å²) < 4.78 is 38.8. The zero-order chi connectivity index (χ0) is 31.5. The molecule has 2 aromatic rings. The molecule has 10 nitrogen and oxygen atoms in total. The number of ketones is 1. The summed E-state index contributed by atoms with van der Waals surface area (Å²) in [6, 6.07) is 9.19. The second-order valence-corrected chi connectivity index (χ2v) is 10.4. The van der Waals surface area contributed by atoms with Crippen molar-refractivity contribution in [3.05, 3.63) is 65.2 Å². The Balaban J connectivity index is 2.08. The minimum absolute atomic E-state index is 0.0579.